The smallest absolute Gasteiger partial charge is 0.407 e. The van der Waals surface area contributed by atoms with E-state index in [1.807, 2.05) is 17.0 Å². The minimum Gasteiger partial charge on any atom is -0.465 e. The molecular formula is C25H28BrN7O5S. The minimum absolute atomic E-state index is 0.0610. The van der Waals surface area contributed by atoms with Gasteiger partial charge in [0.05, 0.1) is 0 Å². The van der Waals surface area contributed by atoms with Crippen molar-refractivity contribution >= 4 is 56.7 Å². The summed E-state index contributed by atoms with van der Waals surface area (Å²) in [5.41, 5.74) is 7.39. The molecule has 0 unspecified atom stereocenters. The van der Waals surface area contributed by atoms with Gasteiger partial charge in [-0.2, -0.15) is 0 Å². The molecule has 3 N–H and O–H groups in total. The van der Waals surface area contributed by atoms with E-state index in [-0.39, 0.29) is 12.7 Å². The molecule has 39 heavy (non-hydrogen) atoms. The summed E-state index contributed by atoms with van der Waals surface area (Å²) >= 11 is 5.12. The van der Waals surface area contributed by atoms with Crippen molar-refractivity contribution in [3.05, 3.63) is 22.9 Å². The first kappa shape index (κ1) is 26.0. The van der Waals surface area contributed by atoms with Crippen molar-refractivity contribution < 1.29 is 24.2 Å². The fraction of sp³-hybridized carbons (Fsp3) is 0.480. The topological polar surface area (TPSA) is 149 Å². The fourth-order valence-electron chi connectivity index (χ4n) is 5.51. The molecular weight excluding hydrogens is 590 g/mol. The van der Waals surface area contributed by atoms with E-state index in [2.05, 4.69) is 30.5 Å². The monoisotopic (exact) mass is 617 g/mol. The number of carbonyl (C=O) groups excluding carboxylic acids is 1. The Labute approximate surface area is 237 Å². The Morgan fingerprint density at radius 1 is 1.13 bits per heavy atom. The van der Waals surface area contributed by atoms with E-state index in [1.165, 1.54) is 23.0 Å². The third-order valence-electron chi connectivity index (χ3n) is 7.62. The summed E-state index contributed by atoms with van der Waals surface area (Å²) in [7, 11) is 0. The molecule has 2 saturated heterocycles. The first-order valence-corrected chi connectivity index (χ1v) is 14.5. The number of imidazole rings is 1. The normalized spacial score (nSPS) is 19.3. The van der Waals surface area contributed by atoms with Crippen molar-refractivity contribution in [2.45, 2.75) is 54.7 Å². The van der Waals surface area contributed by atoms with Gasteiger partial charge in [0, 0.05) is 35.5 Å². The Balaban J connectivity index is 1.15. The molecule has 0 bridgehead atoms. The molecule has 0 saturated carbocycles. The van der Waals surface area contributed by atoms with E-state index in [1.54, 1.807) is 0 Å². The van der Waals surface area contributed by atoms with Gasteiger partial charge in [0.2, 0.25) is 12.7 Å². The predicted molar refractivity (Wildman–Crippen MR) is 146 cm³/mol. The van der Waals surface area contributed by atoms with Crippen LogP contribution in [0.2, 0.25) is 0 Å². The van der Waals surface area contributed by atoms with Crippen molar-refractivity contribution in [3.8, 4) is 11.5 Å². The summed E-state index contributed by atoms with van der Waals surface area (Å²) in [6.45, 7) is 2.59. The second kappa shape index (κ2) is 10.7. The van der Waals surface area contributed by atoms with Gasteiger partial charge in [0.25, 0.3) is 0 Å². The maximum absolute atomic E-state index is 13.0. The Hall–Kier alpha value is -3.26. The van der Waals surface area contributed by atoms with Crippen molar-refractivity contribution in [1.82, 2.24) is 29.3 Å². The van der Waals surface area contributed by atoms with Crippen LogP contribution in [0.25, 0.3) is 11.2 Å². The van der Waals surface area contributed by atoms with Crippen molar-refractivity contribution in [2.24, 2.45) is 5.92 Å². The second-order valence-electron chi connectivity index (χ2n) is 9.91. The largest absolute Gasteiger partial charge is 0.465 e. The van der Waals surface area contributed by atoms with Gasteiger partial charge in [-0.15, -0.1) is 0 Å². The average Bonchev–Trinajstić information content (AvgIpc) is 3.67. The molecule has 14 heteroatoms. The molecule has 2 aromatic heterocycles. The third-order valence-corrected chi connectivity index (χ3v) is 9.59. The van der Waals surface area contributed by atoms with Gasteiger partial charge in [0.1, 0.15) is 12.4 Å². The van der Waals surface area contributed by atoms with Crippen LogP contribution in [0, 0.1) is 5.92 Å². The second-order valence-corrected chi connectivity index (χ2v) is 11.8. The van der Waals surface area contributed by atoms with Crippen LogP contribution in [0.15, 0.2) is 33.0 Å². The molecule has 206 valence electrons. The lowest BCUT2D eigenvalue weighted by atomic mass is 9.93. The van der Waals surface area contributed by atoms with Crippen LogP contribution < -0.4 is 15.2 Å². The van der Waals surface area contributed by atoms with Gasteiger partial charge in [0.15, 0.2) is 33.6 Å². The van der Waals surface area contributed by atoms with Crippen molar-refractivity contribution in [1.29, 1.82) is 0 Å². The molecule has 0 aliphatic carbocycles. The van der Waals surface area contributed by atoms with Gasteiger partial charge in [-0.3, -0.25) is 9.69 Å². The van der Waals surface area contributed by atoms with Gasteiger partial charge in [-0.05, 0) is 66.1 Å². The number of aryl methyl sites for hydroxylation is 1. The van der Waals surface area contributed by atoms with E-state index in [0.717, 1.165) is 40.2 Å². The summed E-state index contributed by atoms with van der Waals surface area (Å²) in [6.07, 6.45) is 4.39. The number of nitrogens with two attached hydrogens (primary N) is 1. The number of hydrogen-bond acceptors (Lipinski definition) is 9. The quantitative estimate of drug-likeness (QED) is 0.418. The molecule has 2 fully saturated rings. The lowest BCUT2D eigenvalue weighted by Gasteiger charge is -2.35. The van der Waals surface area contributed by atoms with E-state index in [4.69, 9.17) is 20.2 Å². The molecule has 2 amide bonds. The van der Waals surface area contributed by atoms with Gasteiger partial charge in [-0.25, -0.2) is 19.7 Å². The molecule has 0 spiro atoms. The van der Waals surface area contributed by atoms with Crippen LogP contribution >= 0.6 is 27.7 Å². The Morgan fingerprint density at radius 3 is 2.67 bits per heavy atom. The Bertz CT molecular complexity index is 1430. The van der Waals surface area contributed by atoms with E-state index < -0.39 is 12.1 Å². The third kappa shape index (κ3) is 5.07. The Morgan fingerprint density at radius 2 is 1.90 bits per heavy atom. The molecule has 5 heterocycles. The number of carbonyl (C=O) groups is 2. The molecule has 3 aliphatic heterocycles. The molecule has 3 aliphatic rings. The lowest BCUT2D eigenvalue weighted by molar-refractivity contribution is -0.136. The first-order chi connectivity index (χ1) is 18.9. The molecule has 1 atom stereocenters. The van der Waals surface area contributed by atoms with E-state index in [9.17, 15) is 14.7 Å². The predicted octanol–water partition coefficient (Wildman–Crippen LogP) is 3.82. The number of anilines is 1. The molecule has 0 radical (unpaired) electrons. The zero-order valence-corrected chi connectivity index (χ0v) is 23.5. The van der Waals surface area contributed by atoms with Crippen LogP contribution in [0.1, 0.15) is 32.1 Å². The summed E-state index contributed by atoms with van der Waals surface area (Å²) in [4.78, 5) is 41.9. The van der Waals surface area contributed by atoms with Crippen LogP contribution in [-0.2, 0) is 11.3 Å². The summed E-state index contributed by atoms with van der Waals surface area (Å²) in [5, 5.41) is 10.2. The number of fused-ring (bicyclic) bond motifs is 2. The summed E-state index contributed by atoms with van der Waals surface area (Å²) in [6, 6.07) is 3.28. The zero-order valence-electron chi connectivity index (χ0n) is 21.1. The maximum Gasteiger partial charge on any atom is 0.407 e. The summed E-state index contributed by atoms with van der Waals surface area (Å²) in [5.74, 6) is 2.07. The molecule has 1 aromatic carbocycles. The number of hydrogen-bond donors (Lipinski definition) is 2. The number of ether oxygens (including phenoxy) is 2. The number of nitrogens with zero attached hydrogens (tertiary/aromatic N) is 6. The zero-order chi connectivity index (χ0) is 27.1. The number of halogens is 1. The number of amides is 2. The maximum atomic E-state index is 13.0. The fourth-order valence-corrected chi connectivity index (χ4v) is 7.01. The highest BCUT2D eigenvalue weighted by Crippen LogP contribution is 2.43. The van der Waals surface area contributed by atoms with Gasteiger partial charge < -0.3 is 29.8 Å². The SMILES string of the molecule is Nc1ncnc2c1nc(Sc1cc3c(cc1Br)OCO3)n2CCC1CCN(C(=O)[C@@H]2CCCN2C(=O)O)CC1. The Kier molecular flexibility index (Phi) is 7.14. The van der Waals surface area contributed by atoms with E-state index in [0.29, 0.717) is 67.0 Å². The van der Waals surface area contributed by atoms with Gasteiger partial charge in [-0.1, -0.05) is 11.8 Å². The minimum atomic E-state index is -1.01. The number of nitrogen functional groups attached to an aromatic ring is 1. The van der Waals surface area contributed by atoms with Crippen LogP contribution in [0.3, 0.4) is 0 Å². The summed E-state index contributed by atoms with van der Waals surface area (Å²) < 4.78 is 14.0. The molecule has 3 aromatic rings. The average molecular weight is 619 g/mol. The molecule has 6 rings (SSSR count). The van der Waals surface area contributed by atoms with Crippen molar-refractivity contribution in [3.63, 3.8) is 0 Å². The van der Waals surface area contributed by atoms with Gasteiger partial charge >= 0.3 is 6.09 Å². The molecule has 12 nitrogen and oxygen atoms in total. The number of carboxylic acid groups (broad SMARTS) is 1. The standard InChI is InChI=1S/C25H28BrN7O5S/c26-15-10-17-18(38-13-37-17)11-19(15)39-24-30-20-21(27)28-12-29-22(20)33(24)9-5-14-3-7-31(8-4-14)23(34)16-2-1-6-32(16)25(35)36/h10-12,14,16H,1-9,13H2,(H,35,36)(H2,27,28,29)/t16-/m0/s1. The number of benzene rings is 1. The van der Waals surface area contributed by atoms with Crippen LogP contribution in [-0.4, -0.2) is 78.9 Å². The number of piperidine rings is 1. The lowest BCUT2D eigenvalue weighted by Crippen LogP contribution is -2.49. The van der Waals surface area contributed by atoms with Crippen LogP contribution in [0.5, 0.6) is 11.5 Å². The number of aromatic nitrogens is 4. The highest BCUT2D eigenvalue weighted by molar-refractivity contribution is 9.10. The van der Waals surface area contributed by atoms with Crippen LogP contribution in [0.4, 0.5) is 10.6 Å². The first-order valence-electron chi connectivity index (χ1n) is 12.9. The number of rotatable bonds is 6. The number of likely N-dealkylation sites (tertiary alicyclic amines) is 2. The van der Waals surface area contributed by atoms with Crippen molar-refractivity contribution in [2.75, 3.05) is 32.2 Å². The highest BCUT2D eigenvalue weighted by Gasteiger charge is 2.37. The highest BCUT2D eigenvalue weighted by atomic mass is 79.9. The van der Waals surface area contributed by atoms with E-state index >= 15 is 0 Å².